The van der Waals surface area contributed by atoms with E-state index in [1.165, 1.54) is 11.8 Å². The number of anilines is 5. The molecule has 2 saturated heterocycles. The molecule has 3 aliphatic rings. The number of carbonyl (C=O) groups is 4. The van der Waals surface area contributed by atoms with Crippen molar-refractivity contribution in [1.29, 1.82) is 0 Å². The average Bonchev–Trinajstić information content (AvgIpc) is 3.47. The quantitative estimate of drug-likeness (QED) is 0.0708. The van der Waals surface area contributed by atoms with E-state index in [1.54, 1.807) is 56.3 Å². The molecule has 1 atom stereocenters. The van der Waals surface area contributed by atoms with Crippen LogP contribution in [0.1, 0.15) is 97.6 Å². The molecule has 0 bridgehead atoms. The van der Waals surface area contributed by atoms with Crippen molar-refractivity contribution in [2.24, 2.45) is 0 Å². The summed E-state index contributed by atoms with van der Waals surface area (Å²) in [6.45, 7) is 12.6. The standard InChI is InChI=1S/C44H51ClN8O7S/c1-25(2)60-36-23-30(27(5)22-34(36)49-44-47-24-31(45)40(51-44)48-32-11-6-7-13-37(32)61(58,59)26(3)4)28-16-20-52(21-17-28)19-9-18-46-33-12-8-10-29-39(33)43(57)53(42(29)56)35-14-15-38(54)50-41(35)55/h6-8,10-13,22-26,28,35,46H,9,14-21H2,1-5H3,(H,50,54,55)(H2,47,48,49,51). The number of fused-ring (bicyclic) bond motifs is 1. The number of ether oxygens (including phenoxy) is 1. The molecule has 0 radical (unpaired) electrons. The summed E-state index contributed by atoms with van der Waals surface area (Å²) in [5.41, 5.74) is 4.43. The third kappa shape index (κ3) is 9.36. The molecule has 3 aromatic carbocycles. The first-order valence-corrected chi connectivity index (χ1v) is 22.6. The molecule has 7 rings (SSSR count). The lowest BCUT2D eigenvalue weighted by Crippen LogP contribution is -2.54. The number of likely N-dealkylation sites (tertiary alicyclic amines) is 1. The van der Waals surface area contributed by atoms with Crippen LogP contribution in [0.2, 0.25) is 5.02 Å². The molecule has 15 nitrogen and oxygen atoms in total. The number of benzene rings is 3. The van der Waals surface area contributed by atoms with Crippen molar-refractivity contribution in [3.63, 3.8) is 0 Å². The van der Waals surface area contributed by atoms with Gasteiger partial charge in [-0.25, -0.2) is 13.4 Å². The largest absolute Gasteiger partial charge is 0.489 e. The van der Waals surface area contributed by atoms with E-state index in [-0.39, 0.29) is 51.8 Å². The predicted molar refractivity (Wildman–Crippen MR) is 234 cm³/mol. The highest BCUT2D eigenvalue weighted by Gasteiger charge is 2.45. The smallest absolute Gasteiger partial charge is 0.264 e. The minimum atomic E-state index is -3.59. The molecule has 322 valence electrons. The van der Waals surface area contributed by atoms with Crippen molar-refractivity contribution >= 4 is 73.9 Å². The van der Waals surface area contributed by atoms with Gasteiger partial charge in [0.15, 0.2) is 15.7 Å². The van der Waals surface area contributed by atoms with Crippen molar-refractivity contribution < 1.29 is 32.3 Å². The van der Waals surface area contributed by atoms with E-state index in [9.17, 15) is 27.6 Å². The van der Waals surface area contributed by atoms with Crippen LogP contribution in [-0.4, -0.2) is 95.4 Å². The predicted octanol–water partition coefficient (Wildman–Crippen LogP) is 6.98. The van der Waals surface area contributed by atoms with Crippen molar-refractivity contribution in [2.45, 2.75) is 94.9 Å². The van der Waals surface area contributed by atoms with E-state index in [1.807, 2.05) is 19.9 Å². The van der Waals surface area contributed by atoms with Gasteiger partial charge in [-0.05, 0) is 133 Å². The number of rotatable bonds is 15. The topological polar surface area (TPSA) is 192 Å². The van der Waals surface area contributed by atoms with Gasteiger partial charge in [-0.3, -0.25) is 29.4 Å². The van der Waals surface area contributed by atoms with Gasteiger partial charge in [0.05, 0.1) is 44.9 Å². The van der Waals surface area contributed by atoms with Gasteiger partial charge < -0.3 is 25.6 Å². The number of hydrogen-bond acceptors (Lipinski definition) is 13. The number of aryl methyl sites for hydroxylation is 1. The molecule has 4 heterocycles. The highest BCUT2D eigenvalue weighted by molar-refractivity contribution is 7.92. The van der Waals surface area contributed by atoms with Gasteiger partial charge in [0, 0.05) is 18.7 Å². The van der Waals surface area contributed by atoms with Crippen LogP contribution in [0.25, 0.3) is 0 Å². The van der Waals surface area contributed by atoms with Crippen molar-refractivity contribution in [1.82, 2.24) is 25.1 Å². The Hall–Kier alpha value is -5.58. The highest BCUT2D eigenvalue weighted by Crippen LogP contribution is 2.39. The van der Waals surface area contributed by atoms with Gasteiger partial charge in [0.1, 0.15) is 16.8 Å². The third-order valence-electron chi connectivity index (χ3n) is 11.3. The van der Waals surface area contributed by atoms with Crippen LogP contribution in [-0.2, 0) is 19.4 Å². The number of carbonyl (C=O) groups excluding carboxylic acids is 4. The molecule has 2 fully saturated rings. The highest BCUT2D eigenvalue weighted by atomic mass is 35.5. The summed E-state index contributed by atoms with van der Waals surface area (Å²) in [5, 5.41) is 11.6. The summed E-state index contributed by atoms with van der Waals surface area (Å²) in [5.74, 6) is -0.595. The van der Waals surface area contributed by atoms with Gasteiger partial charge in [-0.2, -0.15) is 4.98 Å². The number of para-hydroxylation sites is 1. The number of amides is 4. The van der Waals surface area contributed by atoms with E-state index in [0.29, 0.717) is 35.3 Å². The van der Waals surface area contributed by atoms with E-state index >= 15 is 0 Å². The minimum Gasteiger partial charge on any atom is -0.489 e. The van der Waals surface area contributed by atoms with Crippen LogP contribution in [0.5, 0.6) is 5.75 Å². The lowest BCUT2D eigenvalue weighted by atomic mass is 9.86. The SMILES string of the molecule is Cc1cc(Nc2ncc(Cl)c(Nc3ccccc3S(=O)(=O)C(C)C)n2)c(OC(C)C)cc1C1CCN(CCCNc2cccc3c2C(=O)N(C2CCC(=O)NC2=O)C3=O)CC1. The maximum atomic E-state index is 13.5. The number of nitrogens with one attached hydrogen (secondary N) is 4. The van der Waals surface area contributed by atoms with Crippen LogP contribution < -0.4 is 26.0 Å². The lowest BCUT2D eigenvalue weighted by molar-refractivity contribution is -0.136. The van der Waals surface area contributed by atoms with Crippen molar-refractivity contribution in [3.8, 4) is 5.75 Å². The summed E-state index contributed by atoms with van der Waals surface area (Å²) < 4.78 is 32.5. The lowest BCUT2D eigenvalue weighted by Gasteiger charge is -2.33. The normalized spacial score (nSPS) is 17.5. The number of imide groups is 2. The number of halogens is 1. The fourth-order valence-electron chi connectivity index (χ4n) is 8.08. The number of sulfone groups is 1. The Morgan fingerprint density at radius 1 is 0.918 bits per heavy atom. The zero-order valence-corrected chi connectivity index (χ0v) is 36.5. The monoisotopic (exact) mass is 870 g/mol. The minimum absolute atomic E-state index is 0.0688. The number of aromatic nitrogens is 2. The first kappa shape index (κ1) is 43.5. The molecular weight excluding hydrogens is 820 g/mol. The number of nitrogens with zero attached hydrogens (tertiary/aromatic N) is 4. The van der Waals surface area contributed by atoms with Gasteiger partial charge in [-0.1, -0.05) is 29.8 Å². The van der Waals surface area contributed by atoms with E-state index in [4.69, 9.17) is 16.3 Å². The molecule has 4 N–H and O–H groups in total. The fraction of sp³-hybridized carbons (Fsp3) is 0.409. The van der Waals surface area contributed by atoms with Crippen LogP contribution in [0.15, 0.2) is 65.7 Å². The zero-order chi connectivity index (χ0) is 43.6. The van der Waals surface area contributed by atoms with E-state index < -0.39 is 44.8 Å². The molecule has 4 aromatic rings. The molecule has 17 heteroatoms. The number of piperidine rings is 2. The maximum Gasteiger partial charge on any atom is 0.264 e. The molecule has 4 amide bonds. The summed E-state index contributed by atoms with van der Waals surface area (Å²) in [7, 11) is -3.59. The second-order valence-corrected chi connectivity index (χ2v) is 19.1. The Kier molecular flexibility index (Phi) is 13.0. The first-order chi connectivity index (χ1) is 29.1. The van der Waals surface area contributed by atoms with Gasteiger partial charge in [0.25, 0.3) is 11.8 Å². The van der Waals surface area contributed by atoms with Crippen LogP contribution in [0.3, 0.4) is 0 Å². The fourth-order valence-corrected chi connectivity index (χ4v) is 9.42. The molecule has 3 aliphatic heterocycles. The third-order valence-corrected chi connectivity index (χ3v) is 13.7. The zero-order valence-electron chi connectivity index (χ0n) is 34.9. The Bertz CT molecular complexity index is 2470. The van der Waals surface area contributed by atoms with Crippen molar-refractivity contribution in [2.75, 3.05) is 42.1 Å². The molecular formula is C44H51ClN8O7S. The van der Waals surface area contributed by atoms with E-state index in [0.717, 1.165) is 49.4 Å². The Balaban J connectivity index is 0.964. The molecule has 0 spiro atoms. The summed E-state index contributed by atoms with van der Waals surface area (Å²) >= 11 is 6.51. The van der Waals surface area contributed by atoms with Gasteiger partial charge in [-0.15, -0.1) is 0 Å². The van der Waals surface area contributed by atoms with Gasteiger partial charge >= 0.3 is 0 Å². The number of hydrogen-bond donors (Lipinski definition) is 4. The van der Waals surface area contributed by atoms with Crippen LogP contribution >= 0.6 is 11.6 Å². The Morgan fingerprint density at radius 2 is 1.66 bits per heavy atom. The van der Waals surface area contributed by atoms with Crippen molar-refractivity contribution in [3.05, 3.63) is 88.1 Å². The Morgan fingerprint density at radius 3 is 2.38 bits per heavy atom. The van der Waals surface area contributed by atoms with Crippen LogP contribution in [0.4, 0.5) is 28.8 Å². The first-order valence-electron chi connectivity index (χ1n) is 20.6. The van der Waals surface area contributed by atoms with Gasteiger partial charge in [0.2, 0.25) is 17.8 Å². The molecule has 0 aliphatic carbocycles. The second-order valence-electron chi connectivity index (χ2n) is 16.2. The average molecular weight is 871 g/mol. The molecule has 0 saturated carbocycles. The molecule has 1 unspecified atom stereocenters. The maximum absolute atomic E-state index is 13.5. The summed E-state index contributed by atoms with van der Waals surface area (Å²) in [6.07, 6.45) is 4.27. The summed E-state index contributed by atoms with van der Waals surface area (Å²) in [6, 6.07) is 14.9. The summed E-state index contributed by atoms with van der Waals surface area (Å²) in [4.78, 5) is 63.4. The van der Waals surface area contributed by atoms with E-state index in [2.05, 4.69) is 49.1 Å². The molecule has 1 aromatic heterocycles. The molecule has 61 heavy (non-hydrogen) atoms. The second kappa shape index (κ2) is 18.2. The Labute approximate surface area is 360 Å². The van der Waals surface area contributed by atoms with Crippen LogP contribution in [0, 0.1) is 6.92 Å².